The molecule has 0 aliphatic carbocycles. The van der Waals surface area contributed by atoms with Crippen molar-refractivity contribution in [3.05, 3.63) is 231 Å². The quantitative estimate of drug-likeness (QED) is 0.156. The van der Waals surface area contributed by atoms with Gasteiger partial charge in [-0.3, -0.25) is 0 Å². The number of benzene rings is 10. The third-order valence-corrected chi connectivity index (χ3v) is 13.3. The molecule has 2 heterocycles. The van der Waals surface area contributed by atoms with Gasteiger partial charge in [-0.25, -0.2) is 0 Å². The lowest BCUT2D eigenvalue weighted by molar-refractivity contribution is 1.18. The zero-order chi connectivity index (χ0) is 40.3. The van der Waals surface area contributed by atoms with Crippen molar-refractivity contribution in [2.45, 2.75) is 0 Å². The number of thiophene rings is 1. The van der Waals surface area contributed by atoms with Crippen molar-refractivity contribution in [2.24, 2.45) is 0 Å². The van der Waals surface area contributed by atoms with E-state index in [1.165, 1.54) is 86.1 Å². The summed E-state index contributed by atoms with van der Waals surface area (Å²) in [4.78, 5) is 2.36. The monoisotopic (exact) mass is 794 g/mol. The molecule has 2 nitrogen and oxygen atoms in total. The largest absolute Gasteiger partial charge is 0.310 e. The third-order valence-electron chi connectivity index (χ3n) is 12.2. The predicted molar refractivity (Wildman–Crippen MR) is 262 cm³/mol. The summed E-state index contributed by atoms with van der Waals surface area (Å²) in [5.41, 5.74) is 14.1. The number of nitrogens with zero attached hydrogens (tertiary/aromatic N) is 2. The second kappa shape index (κ2) is 14.5. The lowest BCUT2D eigenvalue weighted by atomic mass is 10.0. The molecule has 0 fully saturated rings. The molecule has 0 amide bonds. The molecule has 0 aliphatic rings. The Morgan fingerprint density at radius 2 is 0.803 bits per heavy atom. The van der Waals surface area contributed by atoms with Gasteiger partial charge >= 0.3 is 0 Å². The molecule has 0 bridgehead atoms. The molecule has 12 rings (SSSR count). The summed E-state index contributed by atoms with van der Waals surface area (Å²) >= 11 is 1.86. The number of fused-ring (bicyclic) bond motifs is 7. The minimum Gasteiger partial charge on any atom is -0.310 e. The van der Waals surface area contributed by atoms with Crippen LogP contribution in [0.25, 0.3) is 91.8 Å². The second-order valence-corrected chi connectivity index (χ2v) is 16.9. The Morgan fingerprint density at radius 1 is 0.295 bits per heavy atom. The molecule has 61 heavy (non-hydrogen) atoms. The smallest absolute Gasteiger partial charge is 0.0541 e. The van der Waals surface area contributed by atoms with Crippen molar-refractivity contribution in [3.63, 3.8) is 0 Å². The molecule has 0 saturated heterocycles. The Bertz CT molecular complexity index is 3560. The summed E-state index contributed by atoms with van der Waals surface area (Å²) in [6.07, 6.45) is 0. The van der Waals surface area contributed by atoms with E-state index in [1.807, 2.05) is 11.3 Å². The van der Waals surface area contributed by atoms with Crippen LogP contribution in [0.2, 0.25) is 0 Å². The van der Waals surface area contributed by atoms with Crippen molar-refractivity contribution >= 4 is 81.1 Å². The summed E-state index contributed by atoms with van der Waals surface area (Å²) in [6.45, 7) is 0. The third kappa shape index (κ3) is 6.18. The van der Waals surface area contributed by atoms with E-state index in [1.54, 1.807) is 0 Å². The van der Waals surface area contributed by atoms with Gasteiger partial charge in [0.2, 0.25) is 0 Å². The molecule has 0 radical (unpaired) electrons. The van der Waals surface area contributed by atoms with Gasteiger partial charge in [0.25, 0.3) is 0 Å². The highest BCUT2D eigenvalue weighted by molar-refractivity contribution is 7.25. The fourth-order valence-corrected chi connectivity index (χ4v) is 10.2. The van der Waals surface area contributed by atoms with Gasteiger partial charge in [0.15, 0.2) is 0 Å². The molecule has 0 unspecified atom stereocenters. The van der Waals surface area contributed by atoms with Crippen LogP contribution in [0.4, 0.5) is 17.1 Å². The first-order valence-corrected chi connectivity index (χ1v) is 21.6. The molecule has 2 aromatic heterocycles. The highest BCUT2D eigenvalue weighted by atomic mass is 32.1. The normalized spacial score (nSPS) is 11.6. The number of para-hydroxylation sites is 1. The van der Waals surface area contributed by atoms with Crippen LogP contribution in [0.1, 0.15) is 0 Å². The van der Waals surface area contributed by atoms with E-state index in [2.05, 4.69) is 240 Å². The maximum atomic E-state index is 2.40. The zero-order valence-electron chi connectivity index (χ0n) is 33.2. The van der Waals surface area contributed by atoms with Crippen molar-refractivity contribution < 1.29 is 0 Å². The van der Waals surface area contributed by atoms with Crippen LogP contribution in [0.15, 0.2) is 231 Å². The topological polar surface area (TPSA) is 8.17 Å². The Labute approximate surface area is 358 Å². The Kier molecular flexibility index (Phi) is 8.39. The molecule has 10 aromatic carbocycles. The summed E-state index contributed by atoms with van der Waals surface area (Å²) in [7, 11) is 0. The number of hydrogen-bond donors (Lipinski definition) is 0. The van der Waals surface area contributed by atoms with E-state index < -0.39 is 0 Å². The van der Waals surface area contributed by atoms with Crippen LogP contribution < -0.4 is 4.90 Å². The molecular formula is C58H38N2S. The average Bonchev–Trinajstić information content (AvgIpc) is 3.87. The Morgan fingerprint density at radius 3 is 1.56 bits per heavy atom. The Hall–Kier alpha value is -7.72. The van der Waals surface area contributed by atoms with Gasteiger partial charge in [-0.15, -0.1) is 11.3 Å². The first-order valence-electron chi connectivity index (χ1n) is 20.8. The number of aromatic nitrogens is 1. The number of anilines is 3. The summed E-state index contributed by atoms with van der Waals surface area (Å²) in [6, 6.07) is 84.1. The zero-order valence-corrected chi connectivity index (χ0v) is 34.1. The Balaban J connectivity index is 0.894. The molecule has 0 saturated carbocycles. The van der Waals surface area contributed by atoms with Gasteiger partial charge in [-0.2, -0.15) is 0 Å². The van der Waals surface area contributed by atoms with Crippen LogP contribution in [0.3, 0.4) is 0 Å². The van der Waals surface area contributed by atoms with Crippen LogP contribution in [-0.2, 0) is 0 Å². The molecule has 0 N–H and O–H groups in total. The summed E-state index contributed by atoms with van der Waals surface area (Å²) in [5, 5.41) is 7.59. The van der Waals surface area contributed by atoms with Crippen molar-refractivity contribution in [1.29, 1.82) is 0 Å². The van der Waals surface area contributed by atoms with Gasteiger partial charge in [-0.1, -0.05) is 146 Å². The van der Waals surface area contributed by atoms with E-state index in [0.29, 0.717) is 0 Å². The lowest BCUT2D eigenvalue weighted by Gasteiger charge is -2.26. The molecule has 0 aliphatic heterocycles. The highest BCUT2D eigenvalue weighted by Gasteiger charge is 2.17. The highest BCUT2D eigenvalue weighted by Crippen LogP contribution is 2.41. The standard InChI is InChI=1S/C58H38N2S/c1-2-10-39(11-3-1)41-18-27-47(28-19-41)59(50-33-24-40-12-4-5-13-44(40)36-50)48-29-20-42(21-30-48)45-25-34-56-53(37-45)51-14-6-8-16-55(51)60(56)49-31-22-43(23-32-49)46-26-35-58-54(38-46)52-15-7-9-17-57(52)61-58/h1-38H. The maximum absolute atomic E-state index is 2.40. The van der Waals surface area contributed by atoms with Crippen molar-refractivity contribution in [2.75, 3.05) is 4.90 Å². The van der Waals surface area contributed by atoms with E-state index in [9.17, 15) is 0 Å². The lowest BCUT2D eigenvalue weighted by Crippen LogP contribution is -2.09. The van der Waals surface area contributed by atoms with Gasteiger partial charge in [0, 0.05) is 53.7 Å². The minimum absolute atomic E-state index is 1.11. The molecular weight excluding hydrogens is 757 g/mol. The van der Waals surface area contributed by atoms with Crippen molar-refractivity contribution in [3.8, 4) is 39.1 Å². The van der Waals surface area contributed by atoms with Gasteiger partial charge in [0.1, 0.15) is 0 Å². The van der Waals surface area contributed by atoms with Crippen molar-refractivity contribution in [1.82, 2.24) is 4.57 Å². The number of hydrogen-bond acceptors (Lipinski definition) is 2. The molecule has 0 atom stereocenters. The van der Waals surface area contributed by atoms with Gasteiger partial charge in [-0.05, 0) is 129 Å². The van der Waals surface area contributed by atoms with Crippen LogP contribution in [-0.4, -0.2) is 4.57 Å². The molecule has 12 aromatic rings. The van der Waals surface area contributed by atoms with E-state index >= 15 is 0 Å². The first kappa shape index (κ1) is 35.2. The second-order valence-electron chi connectivity index (χ2n) is 15.8. The van der Waals surface area contributed by atoms with E-state index in [-0.39, 0.29) is 0 Å². The van der Waals surface area contributed by atoms with Crippen LogP contribution >= 0.6 is 11.3 Å². The summed E-state index contributed by atoms with van der Waals surface area (Å²) < 4.78 is 5.07. The fraction of sp³-hybridized carbons (Fsp3) is 0. The van der Waals surface area contributed by atoms with Gasteiger partial charge < -0.3 is 9.47 Å². The van der Waals surface area contributed by atoms with E-state index in [0.717, 1.165) is 22.7 Å². The predicted octanol–water partition coefficient (Wildman–Crippen LogP) is 16.8. The molecule has 0 spiro atoms. The van der Waals surface area contributed by atoms with E-state index in [4.69, 9.17) is 0 Å². The molecule has 3 heteroatoms. The van der Waals surface area contributed by atoms with Crippen LogP contribution in [0.5, 0.6) is 0 Å². The maximum Gasteiger partial charge on any atom is 0.0541 e. The fourth-order valence-electron chi connectivity index (χ4n) is 9.14. The van der Waals surface area contributed by atoms with Gasteiger partial charge in [0.05, 0.1) is 11.0 Å². The SMILES string of the molecule is c1ccc(-c2ccc(N(c3ccc(-c4ccc5c(c4)c4ccccc4n5-c4ccc(-c5ccc6sc7ccccc7c6c5)cc4)cc3)c3ccc4ccccc4c3)cc2)cc1. The van der Waals surface area contributed by atoms with Crippen LogP contribution in [0, 0.1) is 0 Å². The summed E-state index contributed by atoms with van der Waals surface area (Å²) in [5.74, 6) is 0. The minimum atomic E-state index is 1.11. The average molecular weight is 795 g/mol. The first-order chi connectivity index (χ1) is 30.2. The number of rotatable bonds is 7. The molecule has 286 valence electrons.